The van der Waals surface area contributed by atoms with E-state index >= 15 is 0 Å². The van der Waals surface area contributed by atoms with Gasteiger partial charge in [0, 0.05) is 33.9 Å². The highest BCUT2D eigenvalue weighted by atomic mass is 16.5. The second kappa shape index (κ2) is 24.9. The molecule has 0 bridgehead atoms. The first kappa shape index (κ1) is 48.5. The van der Waals surface area contributed by atoms with Crippen LogP contribution >= 0.6 is 0 Å². The van der Waals surface area contributed by atoms with Crippen molar-refractivity contribution in [3.63, 3.8) is 0 Å². The molecule has 2 atom stereocenters. The number of nitrogens with one attached hydrogen (secondary N) is 1. The molecule has 2 unspecified atom stereocenters. The van der Waals surface area contributed by atoms with Gasteiger partial charge in [-0.05, 0) is 121 Å². The molecule has 0 aliphatic rings. The van der Waals surface area contributed by atoms with Gasteiger partial charge < -0.3 is 14.8 Å². The van der Waals surface area contributed by atoms with Crippen LogP contribution in [0.4, 0.5) is 0 Å². The number of hydrogen-bond acceptors (Lipinski definition) is 5. The Morgan fingerprint density at radius 2 is 0.971 bits per heavy atom. The van der Waals surface area contributed by atoms with Crippen LogP contribution in [-0.4, -0.2) is 31.0 Å². The Morgan fingerprint density at radius 1 is 0.536 bits per heavy atom. The highest BCUT2D eigenvalue weighted by Crippen LogP contribution is 2.35. The summed E-state index contributed by atoms with van der Waals surface area (Å²) in [6.45, 7) is 12.4. The van der Waals surface area contributed by atoms with Gasteiger partial charge in [0.1, 0.15) is 5.84 Å². The Kier molecular flexibility index (Phi) is 17.5. The largest absolute Gasteiger partial charge is 0.462 e. The Bertz CT molecular complexity index is 2870. The first-order chi connectivity index (χ1) is 33.8. The molecule has 6 heteroatoms. The van der Waals surface area contributed by atoms with Crippen molar-refractivity contribution in [1.82, 2.24) is 5.32 Å². The maximum atomic E-state index is 13.0. The molecule has 0 aromatic heterocycles. The van der Waals surface area contributed by atoms with Crippen LogP contribution in [-0.2, 0) is 9.47 Å². The summed E-state index contributed by atoms with van der Waals surface area (Å²) >= 11 is 0. The SMILES string of the molecule is C=CCCCOC(=O)c1ccccc1C#Cc1ccc(-c2cccc(-c3ccc(C#Cc4ccccc4C(=O)OCCCC=C)cc3)c2C(=NC(C)c2ccccc2)NC(C)c2ccccc2)cc1. The molecule has 7 aromatic rings. The van der Waals surface area contributed by atoms with E-state index in [9.17, 15) is 9.59 Å². The summed E-state index contributed by atoms with van der Waals surface area (Å²) in [5, 5.41) is 3.86. The van der Waals surface area contributed by atoms with E-state index in [1.54, 1.807) is 12.1 Å². The zero-order chi connectivity index (χ0) is 48.2. The third kappa shape index (κ3) is 13.3. The molecule has 342 valence electrons. The van der Waals surface area contributed by atoms with Gasteiger partial charge >= 0.3 is 11.9 Å². The van der Waals surface area contributed by atoms with Crippen molar-refractivity contribution >= 4 is 17.8 Å². The van der Waals surface area contributed by atoms with Crippen molar-refractivity contribution in [1.29, 1.82) is 0 Å². The first-order valence-electron chi connectivity index (χ1n) is 23.4. The van der Waals surface area contributed by atoms with Crippen molar-refractivity contribution in [3.8, 4) is 45.9 Å². The fraction of sp³-hybridized carbons (Fsp3) is 0.159. The minimum atomic E-state index is -0.390. The zero-order valence-corrected chi connectivity index (χ0v) is 39.3. The Morgan fingerprint density at radius 3 is 1.43 bits per heavy atom. The van der Waals surface area contributed by atoms with Gasteiger partial charge in [-0.3, -0.25) is 4.99 Å². The van der Waals surface area contributed by atoms with Crippen molar-refractivity contribution in [3.05, 3.63) is 251 Å². The number of carbonyl (C=O) groups is 2. The van der Waals surface area contributed by atoms with E-state index < -0.39 is 0 Å². The van der Waals surface area contributed by atoms with Crippen molar-refractivity contribution in [2.24, 2.45) is 4.99 Å². The molecule has 0 amide bonds. The van der Waals surface area contributed by atoms with Gasteiger partial charge in [-0.25, -0.2) is 9.59 Å². The zero-order valence-electron chi connectivity index (χ0n) is 39.3. The van der Waals surface area contributed by atoms with E-state index in [4.69, 9.17) is 14.5 Å². The van der Waals surface area contributed by atoms with Gasteiger partial charge in [0.15, 0.2) is 0 Å². The van der Waals surface area contributed by atoms with E-state index in [-0.39, 0.29) is 24.0 Å². The van der Waals surface area contributed by atoms with Crippen LogP contribution in [0.3, 0.4) is 0 Å². The lowest BCUT2D eigenvalue weighted by atomic mass is 9.89. The van der Waals surface area contributed by atoms with Gasteiger partial charge in [0.2, 0.25) is 0 Å². The lowest BCUT2D eigenvalue weighted by Crippen LogP contribution is -2.29. The molecule has 0 saturated carbocycles. The summed E-state index contributed by atoms with van der Waals surface area (Å²) in [5.41, 5.74) is 10.8. The van der Waals surface area contributed by atoms with Gasteiger partial charge in [-0.15, -0.1) is 13.2 Å². The topological polar surface area (TPSA) is 77.0 Å². The standard InChI is InChI=1S/C63H56N2O4/c1-5-7-19-44-68-62(66)58-28-17-15-26-52(58)38-32-48-34-40-54(41-35-48)56-30-21-31-57(60(56)61(64-46(3)50-22-11-9-12-23-50)65-47(4)51-24-13-10-14-25-51)55-42-36-49(37-43-55)33-39-53-27-16-18-29-59(53)63(67)69-45-20-8-6-2/h5-6,9-18,21-31,34-37,40-43,46-47H,1-2,7-8,19-20,44-45H2,3-4H3,(H,64,65). The molecule has 0 saturated heterocycles. The number of rotatable bonds is 17. The average Bonchev–Trinajstić information content (AvgIpc) is 3.40. The number of nitrogens with zero attached hydrogens (tertiary/aromatic N) is 1. The minimum absolute atomic E-state index is 0.0799. The predicted octanol–water partition coefficient (Wildman–Crippen LogP) is 13.9. The van der Waals surface area contributed by atoms with Crippen molar-refractivity contribution < 1.29 is 19.1 Å². The van der Waals surface area contributed by atoms with Gasteiger partial charge in [-0.2, -0.15) is 0 Å². The smallest absolute Gasteiger partial charge is 0.339 e. The van der Waals surface area contributed by atoms with Gasteiger partial charge in [-0.1, -0.05) is 163 Å². The number of allylic oxidation sites excluding steroid dienone is 2. The number of aliphatic imine (C=N–C) groups is 1. The number of hydrogen-bond donors (Lipinski definition) is 1. The fourth-order valence-electron chi connectivity index (χ4n) is 7.72. The molecule has 0 fully saturated rings. The third-order valence-corrected chi connectivity index (χ3v) is 11.5. The molecule has 0 spiro atoms. The lowest BCUT2D eigenvalue weighted by molar-refractivity contribution is 0.0491. The van der Waals surface area contributed by atoms with Gasteiger partial charge in [0.25, 0.3) is 0 Å². The summed E-state index contributed by atoms with van der Waals surface area (Å²) in [4.78, 5) is 31.4. The second-order valence-corrected chi connectivity index (χ2v) is 16.4. The molecule has 7 rings (SSSR count). The predicted molar refractivity (Wildman–Crippen MR) is 281 cm³/mol. The second-order valence-electron chi connectivity index (χ2n) is 16.4. The number of benzene rings is 7. The summed E-state index contributed by atoms with van der Waals surface area (Å²) in [5.74, 6) is 13.0. The Hall–Kier alpha value is -8.45. The number of esters is 2. The first-order valence-corrected chi connectivity index (χ1v) is 23.4. The number of unbranched alkanes of at least 4 members (excludes halogenated alkanes) is 2. The Labute approximate surface area is 407 Å². The number of amidine groups is 1. The molecule has 0 aliphatic heterocycles. The molecule has 1 N–H and O–H groups in total. The fourth-order valence-corrected chi connectivity index (χ4v) is 7.72. The molecular formula is C63H56N2O4. The van der Waals surface area contributed by atoms with E-state index in [0.717, 1.165) is 81.6 Å². The summed E-state index contributed by atoms with van der Waals surface area (Å²) < 4.78 is 11.1. The average molecular weight is 905 g/mol. The third-order valence-electron chi connectivity index (χ3n) is 11.5. The molecule has 6 nitrogen and oxygen atoms in total. The molecule has 0 radical (unpaired) electrons. The monoisotopic (exact) mass is 904 g/mol. The van der Waals surface area contributed by atoms with Crippen LogP contribution in [0, 0.1) is 23.7 Å². The van der Waals surface area contributed by atoms with Crippen LogP contribution in [0.1, 0.15) is 111 Å². The summed E-state index contributed by atoms with van der Waals surface area (Å²) in [7, 11) is 0. The highest BCUT2D eigenvalue weighted by Gasteiger charge is 2.21. The van der Waals surface area contributed by atoms with E-state index in [2.05, 4.69) is 135 Å². The number of ether oxygens (including phenoxy) is 2. The quantitative estimate of drug-likeness (QED) is 0.0246. The van der Waals surface area contributed by atoms with Crippen LogP contribution in [0.5, 0.6) is 0 Å². The number of carbonyl (C=O) groups excluding carboxylic acids is 2. The molecule has 0 aliphatic carbocycles. The maximum absolute atomic E-state index is 13.0. The summed E-state index contributed by atoms with van der Waals surface area (Å²) in [6.07, 6.45) is 6.62. The van der Waals surface area contributed by atoms with Gasteiger partial charge in [0.05, 0.1) is 30.4 Å². The van der Waals surface area contributed by atoms with Crippen LogP contribution in [0.25, 0.3) is 22.3 Å². The lowest BCUT2D eigenvalue weighted by Gasteiger charge is -2.24. The van der Waals surface area contributed by atoms with E-state index in [1.165, 1.54) is 0 Å². The minimum Gasteiger partial charge on any atom is -0.462 e. The highest BCUT2D eigenvalue weighted by molar-refractivity contribution is 6.10. The van der Waals surface area contributed by atoms with E-state index in [0.29, 0.717) is 35.5 Å². The van der Waals surface area contributed by atoms with Crippen molar-refractivity contribution in [2.75, 3.05) is 13.2 Å². The van der Waals surface area contributed by atoms with Crippen LogP contribution in [0.2, 0.25) is 0 Å². The van der Waals surface area contributed by atoms with Crippen LogP contribution < -0.4 is 5.32 Å². The molecule has 7 aromatic carbocycles. The molecule has 69 heavy (non-hydrogen) atoms. The Balaban J connectivity index is 1.27. The van der Waals surface area contributed by atoms with Crippen LogP contribution in [0.15, 0.2) is 206 Å². The van der Waals surface area contributed by atoms with E-state index in [1.807, 2.05) is 97.1 Å². The van der Waals surface area contributed by atoms with Crippen molar-refractivity contribution in [2.45, 2.75) is 51.6 Å². The summed E-state index contributed by atoms with van der Waals surface area (Å²) in [6, 6.07) is 57.7. The molecule has 0 heterocycles. The molecular weight excluding hydrogens is 849 g/mol. The normalized spacial score (nSPS) is 11.7. The maximum Gasteiger partial charge on any atom is 0.339 e.